The van der Waals surface area contributed by atoms with E-state index >= 15 is 0 Å². The summed E-state index contributed by atoms with van der Waals surface area (Å²) >= 11 is 3.45. The Balaban J connectivity index is 1.66. The van der Waals surface area contributed by atoms with Crippen molar-refractivity contribution in [1.82, 2.24) is 0 Å². The van der Waals surface area contributed by atoms with E-state index in [9.17, 15) is 9.59 Å². The summed E-state index contributed by atoms with van der Waals surface area (Å²) in [5, 5.41) is 0. The van der Waals surface area contributed by atoms with Gasteiger partial charge < -0.3 is 4.90 Å². The van der Waals surface area contributed by atoms with E-state index < -0.39 is 4.32 Å². The molecule has 0 aromatic heterocycles. The lowest BCUT2D eigenvalue weighted by Crippen LogP contribution is -2.36. The summed E-state index contributed by atoms with van der Waals surface area (Å²) in [6.07, 6.45) is 9.22. The molecule has 3 rings (SSSR count). The molecule has 4 heteroatoms. The molecular weight excluding hydrogens is 402 g/mol. The van der Waals surface area contributed by atoms with Gasteiger partial charge in [0.25, 0.3) is 0 Å². The largest absolute Gasteiger partial charge is 0.312 e. The predicted molar refractivity (Wildman–Crippen MR) is 115 cm³/mol. The molecule has 0 unspecified atom stereocenters. The van der Waals surface area contributed by atoms with Gasteiger partial charge >= 0.3 is 0 Å². The molecule has 2 aliphatic rings. The van der Waals surface area contributed by atoms with Gasteiger partial charge in [-0.3, -0.25) is 9.59 Å². The summed E-state index contributed by atoms with van der Waals surface area (Å²) in [6.45, 7) is 6.74. The molecule has 0 spiro atoms. The third kappa shape index (κ3) is 4.64. The second kappa shape index (κ2) is 8.46. The minimum absolute atomic E-state index is 0.0838. The molecule has 1 aliphatic heterocycles. The van der Waals surface area contributed by atoms with Crippen molar-refractivity contribution in [1.29, 1.82) is 0 Å². The van der Waals surface area contributed by atoms with Gasteiger partial charge in [-0.1, -0.05) is 42.1 Å². The molecular formula is C23H32BrNO2. The fourth-order valence-electron chi connectivity index (χ4n) is 4.53. The van der Waals surface area contributed by atoms with Crippen LogP contribution in [-0.2, 0) is 11.2 Å². The summed E-state index contributed by atoms with van der Waals surface area (Å²) in [4.78, 5) is 27.6. The lowest BCUT2D eigenvalue weighted by molar-refractivity contribution is -0.123. The maximum absolute atomic E-state index is 13.1. The van der Waals surface area contributed by atoms with E-state index in [2.05, 4.69) is 22.9 Å². The number of carbonyl (C=O) groups excluding carboxylic acids is 2. The number of anilines is 1. The Morgan fingerprint density at radius 2 is 1.89 bits per heavy atom. The number of Topliss-reactive ketones (excluding diaryl/α,β-unsaturated/α-hetero) is 1. The highest BCUT2D eigenvalue weighted by molar-refractivity contribution is 9.10. The van der Waals surface area contributed by atoms with Crippen LogP contribution in [0.4, 0.5) is 5.69 Å². The van der Waals surface area contributed by atoms with Gasteiger partial charge in [0, 0.05) is 23.7 Å². The Kier molecular flexibility index (Phi) is 6.45. The van der Waals surface area contributed by atoms with Crippen LogP contribution in [0.15, 0.2) is 18.2 Å². The van der Waals surface area contributed by atoms with Crippen molar-refractivity contribution in [2.75, 3.05) is 11.4 Å². The molecule has 1 fully saturated rings. The number of halogens is 1. The number of ketones is 1. The van der Waals surface area contributed by atoms with Crippen LogP contribution in [0.2, 0.25) is 0 Å². The molecule has 1 aromatic rings. The van der Waals surface area contributed by atoms with Gasteiger partial charge in [-0.05, 0) is 75.6 Å². The highest BCUT2D eigenvalue weighted by atomic mass is 79.9. The SMILES string of the molecule is CCCCC1CCC(C(=O)N2CCc3cc(C(=O)C(C)(C)Br)ccc32)CC1. The average Bonchev–Trinajstić information content (AvgIpc) is 3.08. The predicted octanol–water partition coefficient (Wildman–Crippen LogP) is 5.93. The number of nitrogens with zero attached hydrogens (tertiary/aromatic N) is 1. The number of rotatable bonds is 6. The van der Waals surface area contributed by atoms with Crippen molar-refractivity contribution in [3.05, 3.63) is 29.3 Å². The van der Waals surface area contributed by atoms with E-state index in [4.69, 9.17) is 0 Å². The molecule has 0 bridgehead atoms. The Hall–Kier alpha value is -1.16. The van der Waals surface area contributed by atoms with Crippen LogP contribution in [0.3, 0.4) is 0 Å². The van der Waals surface area contributed by atoms with Gasteiger partial charge in [-0.2, -0.15) is 0 Å². The maximum Gasteiger partial charge on any atom is 0.230 e. The Morgan fingerprint density at radius 3 is 2.52 bits per heavy atom. The molecule has 0 radical (unpaired) electrons. The smallest absolute Gasteiger partial charge is 0.230 e. The number of unbranched alkanes of at least 4 members (excludes halogenated alkanes) is 1. The van der Waals surface area contributed by atoms with Crippen LogP contribution < -0.4 is 4.90 Å². The van der Waals surface area contributed by atoms with Crippen LogP contribution in [0.5, 0.6) is 0 Å². The summed E-state index contributed by atoms with van der Waals surface area (Å²) < 4.78 is -0.564. The van der Waals surface area contributed by atoms with E-state index in [0.717, 1.165) is 48.5 Å². The monoisotopic (exact) mass is 433 g/mol. The van der Waals surface area contributed by atoms with Gasteiger partial charge in [0.1, 0.15) is 0 Å². The maximum atomic E-state index is 13.1. The number of fused-ring (bicyclic) bond motifs is 1. The fourth-order valence-corrected chi connectivity index (χ4v) is 4.76. The Bertz CT molecular complexity index is 699. The van der Waals surface area contributed by atoms with Crippen LogP contribution in [0.25, 0.3) is 0 Å². The van der Waals surface area contributed by atoms with Crippen molar-refractivity contribution in [2.24, 2.45) is 11.8 Å². The van der Waals surface area contributed by atoms with Crippen LogP contribution >= 0.6 is 15.9 Å². The molecule has 0 atom stereocenters. The number of hydrogen-bond donors (Lipinski definition) is 0. The molecule has 1 aromatic carbocycles. The quantitative estimate of drug-likeness (QED) is 0.411. The van der Waals surface area contributed by atoms with Crippen molar-refractivity contribution < 1.29 is 9.59 Å². The van der Waals surface area contributed by atoms with Crippen molar-refractivity contribution in [3.8, 4) is 0 Å². The van der Waals surface area contributed by atoms with Gasteiger partial charge in [0.2, 0.25) is 5.91 Å². The zero-order valence-corrected chi connectivity index (χ0v) is 18.5. The highest BCUT2D eigenvalue weighted by Crippen LogP contribution is 2.37. The second-order valence-electron chi connectivity index (χ2n) is 8.74. The summed E-state index contributed by atoms with van der Waals surface area (Å²) in [5.74, 6) is 1.38. The lowest BCUT2D eigenvalue weighted by atomic mass is 9.79. The number of hydrogen-bond acceptors (Lipinski definition) is 2. The molecule has 1 heterocycles. The molecule has 1 amide bonds. The lowest BCUT2D eigenvalue weighted by Gasteiger charge is -2.30. The van der Waals surface area contributed by atoms with Crippen LogP contribution in [0, 0.1) is 11.8 Å². The van der Waals surface area contributed by atoms with Gasteiger partial charge in [-0.15, -0.1) is 0 Å². The third-order valence-corrected chi connectivity index (χ3v) is 6.57. The van der Waals surface area contributed by atoms with Gasteiger partial charge in [-0.25, -0.2) is 0 Å². The molecule has 3 nitrogen and oxygen atoms in total. The van der Waals surface area contributed by atoms with Crippen molar-refractivity contribution >= 4 is 33.3 Å². The fraction of sp³-hybridized carbons (Fsp3) is 0.652. The first kappa shape index (κ1) is 20.6. The Labute approximate surface area is 172 Å². The molecule has 1 saturated carbocycles. The van der Waals surface area contributed by atoms with Crippen LogP contribution in [-0.4, -0.2) is 22.6 Å². The minimum Gasteiger partial charge on any atom is -0.312 e. The number of carbonyl (C=O) groups is 2. The molecule has 1 aliphatic carbocycles. The number of benzene rings is 1. The zero-order valence-electron chi connectivity index (χ0n) is 16.9. The van der Waals surface area contributed by atoms with E-state index in [0.29, 0.717) is 5.91 Å². The molecule has 0 N–H and O–H groups in total. The van der Waals surface area contributed by atoms with Crippen molar-refractivity contribution in [2.45, 2.75) is 76.5 Å². The van der Waals surface area contributed by atoms with Crippen molar-refractivity contribution in [3.63, 3.8) is 0 Å². The number of amides is 1. The zero-order chi connectivity index (χ0) is 19.6. The third-order valence-electron chi connectivity index (χ3n) is 6.21. The van der Waals surface area contributed by atoms with E-state index in [-0.39, 0.29) is 11.7 Å². The van der Waals surface area contributed by atoms with E-state index in [1.54, 1.807) is 0 Å². The standard InChI is InChI=1S/C23H32BrNO2/c1-4-5-6-16-7-9-17(10-8-16)22(27)25-14-13-18-15-19(11-12-20(18)25)21(26)23(2,3)24/h11-12,15-17H,4-10,13-14H2,1-3H3. The molecule has 0 saturated heterocycles. The summed E-state index contributed by atoms with van der Waals surface area (Å²) in [5.41, 5.74) is 2.86. The first-order valence-corrected chi connectivity index (χ1v) is 11.3. The average molecular weight is 434 g/mol. The normalized spacial score (nSPS) is 22.6. The van der Waals surface area contributed by atoms with E-state index in [1.807, 2.05) is 36.9 Å². The van der Waals surface area contributed by atoms with Gasteiger partial charge in [0.05, 0.1) is 4.32 Å². The topological polar surface area (TPSA) is 37.4 Å². The van der Waals surface area contributed by atoms with Crippen LogP contribution in [0.1, 0.15) is 81.6 Å². The molecule has 148 valence electrons. The number of alkyl halides is 1. The minimum atomic E-state index is -0.564. The Morgan fingerprint density at radius 1 is 1.19 bits per heavy atom. The molecule has 27 heavy (non-hydrogen) atoms. The van der Waals surface area contributed by atoms with Gasteiger partial charge in [0.15, 0.2) is 5.78 Å². The highest BCUT2D eigenvalue weighted by Gasteiger charge is 2.34. The summed E-state index contributed by atoms with van der Waals surface area (Å²) in [7, 11) is 0. The summed E-state index contributed by atoms with van der Waals surface area (Å²) in [6, 6.07) is 5.83. The second-order valence-corrected chi connectivity index (χ2v) is 10.7. The van der Waals surface area contributed by atoms with E-state index in [1.165, 1.54) is 32.1 Å². The first-order valence-electron chi connectivity index (χ1n) is 10.5. The first-order chi connectivity index (χ1) is 12.8.